The molecule has 0 saturated carbocycles. The van der Waals surface area contributed by atoms with Gasteiger partial charge in [0.25, 0.3) is 0 Å². The van der Waals surface area contributed by atoms with Crippen molar-refractivity contribution in [3.8, 4) is 0 Å². The number of halogens is 2. The van der Waals surface area contributed by atoms with Crippen LogP contribution in [0.3, 0.4) is 0 Å². The molecule has 2 aromatic rings. The van der Waals surface area contributed by atoms with Gasteiger partial charge in [-0.1, -0.05) is 23.7 Å². The van der Waals surface area contributed by atoms with Gasteiger partial charge in [-0.15, -0.1) is 24.0 Å². The second-order valence-corrected chi connectivity index (χ2v) is 7.25. The summed E-state index contributed by atoms with van der Waals surface area (Å²) in [5, 5.41) is 12.4. The lowest BCUT2D eigenvalue weighted by Crippen LogP contribution is -2.45. The average Bonchev–Trinajstić information content (AvgIpc) is 3.03. The molecular weight excluding hydrogens is 461 g/mol. The summed E-state index contributed by atoms with van der Waals surface area (Å²) in [6.45, 7) is 5.05. The maximum absolute atomic E-state index is 5.93. The highest BCUT2D eigenvalue weighted by Gasteiger charge is 2.22. The lowest BCUT2D eigenvalue weighted by molar-refractivity contribution is 0.499. The number of nitrogens with zero attached hydrogens (tertiary/aromatic N) is 3. The van der Waals surface area contributed by atoms with Gasteiger partial charge in [0.2, 0.25) is 0 Å². The van der Waals surface area contributed by atoms with Gasteiger partial charge in [-0.25, -0.2) is 0 Å². The summed E-state index contributed by atoms with van der Waals surface area (Å²) in [5.41, 5.74) is 3.77. The van der Waals surface area contributed by atoms with Crippen LogP contribution in [-0.4, -0.2) is 28.8 Å². The monoisotopic (exact) mass is 487 g/mol. The van der Waals surface area contributed by atoms with Gasteiger partial charge >= 0.3 is 0 Å². The van der Waals surface area contributed by atoms with Gasteiger partial charge in [0.05, 0.1) is 5.69 Å². The fourth-order valence-corrected chi connectivity index (χ4v) is 3.20. The summed E-state index contributed by atoms with van der Waals surface area (Å²) in [6, 6.07) is 8.62. The van der Waals surface area contributed by atoms with Crippen LogP contribution >= 0.6 is 35.6 Å². The van der Waals surface area contributed by atoms with E-state index < -0.39 is 0 Å². The van der Waals surface area contributed by atoms with E-state index in [9.17, 15) is 0 Å². The third-order valence-electron chi connectivity index (χ3n) is 4.56. The SMILES string of the molecule is CN=C(NCc1ccc(Cl)cc1)NC1CCc2cn(C(C)C)nc2C1.I. The Kier molecular flexibility index (Phi) is 7.76. The lowest BCUT2D eigenvalue weighted by atomic mass is 9.94. The lowest BCUT2D eigenvalue weighted by Gasteiger charge is -2.24. The second kappa shape index (κ2) is 9.60. The van der Waals surface area contributed by atoms with E-state index >= 15 is 0 Å². The third-order valence-corrected chi connectivity index (χ3v) is 4.82. The van der Waals surface area contributed by atoms with E-state index in [1.165, 1.54) is 16.8 Å². The van der Waals surface area contributed by atoms with E-state index in [0.29, 0.717) is 12.1 Å². The number of benzene rings is 1. The Hall–Kier alpha value is -1.28. The Bertz CT molecular complexity index is 739. The molecule has 0 amide bonds. The molecule has 5 nitrogen and oxygen atoms in total. The molecule has 0 spiro atoms. The van der Waals surface area contributed by atoms with Crippen LogP contribution < -0.4 is 10.6 Å². The molecule has 1 unspecified atom stereocenters. The number of aliphatic imine (C=N–C) groups is 1. The van der Waals surface area contributed by atoms with Crippen LogP contribution in [0.15, 0.2) is 35.5 Å². The van der Waals surface area contributed by atoms with Crippen molar-refractivity contribution in [2.45, 2.75) is 51.7 Å². The largest absolute Gasteiger partial charge is 0.353 e. The predicted molar refractivity (Wildman–Crippen MR) is 119 cm³/mol. The minimum absolute atomic E-state index is 0. The minimum Gasteiger partial charge on any atom is -0.353 e. The fourth-order valence-electron chi connectivity index (χ4n) is 3.08. The quantitative estimate of drug-likeness (QED) is 0.390. The van der Waals surface area contributed by atoms with E-state index in [2.05, 4.69) is 40.4 Å². The number of aryl methyl sites for hydroxylation is 1. The highest BCUT2D eigenvalue weighted by atomic mass is 127. The zero-order valence-electron chi connectivity index (χ0n) is 15.5. The van der Waals surface area contributed by atoms with Gasteiger partial charge < -0.3 is 10.6 Å². The minimum atomic E-state index is 0. The molecule has 142 valence electrons. The third kappa shape index (κ3) is 5.36. The number of aromatic nitrogens is 2. The van der Waals surface area contributed by atoms with E-state index in [-0.39, 0.29) is 24.0 Å². The van der Waals surface area contributed by atoms with Gasteiger partial charge in [0.1, 0.15) is 0 Å². The van der Waals surface area contributed by atoms with Crippen molar-refractivity contribution in [2.75, 3.05) is 7.05 Å². The van der Waals surface area contributed by atoms with Crippen LogP contribution in [0.25, 0.3) is 0 Å². The molecule has 3 rings (SSSR count). The van der Waals surface area contributed by atoms with Crippen molar-refractivity contribution < 1.29 is 0 Å². The fraction of sp³-hybridized carbons (Fsp3) is 0.474. The summed E-state index contributed by atoms with van der Waals surface area (Å²) in [5.74, 6) is 0.826. The first-order valence-corrected chi connectivity index (χ1v) is 9.21. The number of fused-ring (bicyclic) bond motifs is 1. The highest BCUT2D eigenvalue weighted by molar-refractivity contribution is 14.0. The predicted octanol–water partition coefficient (Wildman–Crippen LogP) is 3.96. The normalized spacial score (nSPS) is 16.8. The second-order valence-electron chi connectivity index (χ2n) is 6.81. The maximum atomic E-state index is 5.93. The number of hydrogen-bond acceptors (Lipinski definition) is 2. The summed E-state index contributed by atoms with van der Waals surface area (Å²) >= 11 is 5.93. The molecule has 0 aliphatic heterocycles. The summed E-state index contributed by atoms with van der Waals surface area (Å²) in [4.78, 5) is 4.35. The molecule has 1 heterocycles. The Balaban J connectivity index is 0.00000243. The summed E-state index contributed by atoms with van der Waals surface area (Å²) in [6.07, 6.45) is 5.30. The van der Waals surface area contributed by atoms with Crippen molar-refractivity contribution >= 4 is 41.5 Å². The molecule has 26 heavy (non-hydrogen) atoms. The molecular formula is C19H27ClIN5. The Morgan fingerprint density at radius 2 is 2.08 bits per heavy atom. The van der Waals surface area contributed by atoms with Gasteiger partial charge in [-0.2, -0.15) is 5.10 Å². The first-order chi connectivity index (χ1) is 12.0. The van der Waals surface area contributed by atoms with Crippen LogP contribution in [0, 0.1) is 0 Å². The van der Waals surface area contributed by atoms with Crippen molar-refractivity contribution in [1.29, 1.82) is 0 Å². The molecule has 1 atom stereocenters. The topological polar surface area (TPSA) is 54.2 Å². The van der Waals surface area contributed by atoms with Gasteiger partial charge in [-0.3, -0.25) is 9.67 Å². The molecule has 0 fully saturated rings. The van der Waals surface area contributed by atoms with Gasteiger partial charge in [-0.05, 0) is 49.9 Å². The summed E-state index contributed by atoms with van der Waals surface area (Å²) < 4.78 is 2.07. The number of hydrogen-bond donors (Lipinski definition) is 2. The van der Waals surface area contributed by atoms with E-state index in [4.69, 9.17) is 16.7 Å². The molecule has 1 aliphatic rings. The van der Waals surface area contributed by atoms with Gasteiger partial charge in [0.15, 0.2) is 5.96 Å². The number of guanidine groups is 1. The summed E-state index contributed by atoms with van der Waals surface area (Å²) in [7, 11) is 1.80. The Morgan fingerprint density at radius 1 is 1.35 bits per heavy atom. The Morgan fingerprint density at radius 3 is 2.73 bits per heavy atom. The highest BCUT2D eigenvalue weighted by Crippen LogP contribution is 2.21. The number of nitrogens with one attached hydrogen (secondary N) is 2. The van der Waals surface area contributed by atoms with Crippen LogP contribution in [0.1, 0.15) is 43.1 Å². The first-order valence-electron chi connectivity index (χ1n) is 8.83. The Labute approximate surface area is 177 Å². The maximum Gasteiger partial charge on any atom is 0.191 e. The van der Waals surface area contributed by atoms with E-state index in [1.807, 2.05) is 24.3 Å². The molecule has 2 N–H and O–H groups in total. The van der Waals surface area contributed by atoms with Crippen LogP contribution in [-0.2, 0) is 19.4 Å². The van der Waals surface area contributed by atoms with Crippen molar-refractivity contribution in [1.82, 2.24) is 20.4 Å². The van der Waals surface area contributed by atoms with Crippen molar-refractivity contribution in [3.05, 3.63) is 52.3 Å². The van der Waals surface area contributed by atoms with Crippen molar-refractivity contribution in [2.24, 2.45) is 4.99 Å². The molecule has 0 bridgehead atoms. The molecule has 1 aromatic heterocycles. The van der Waals surface area contributed by atoms with Crippen LogP contribution in [0.2, 0.25) is 5.02 Å². The first kappa shape index (κ1) is 21.0. The van der Waals surface area contributed by atoms with E-state index in [0.717, 1.165) is 36.8 Å². The van der Waals surface area contributed by atoms with Crippen molar-refractivity contribution in [3.63, 3.8) is 0 Å². The van der Waals surface area contributed by atoms with Crippen LogP contribution in [0.5, 0.6) is 0 Å². The zero-order chi connectivity index (χ0) is 17.8. The molecule has 1 aliphatic carbocycles. The smallest absolute Gasteiger partial charge is 0.191 e. The number of rotatable bonds is 4. The molecule has 1 aromatic carbocycles. The van der Waals surface area contributed by atoms with Crippen LogP contribution in [0.4, 0.5) is 0 Å². The molecule has 7 heteroatoms. The molecule has 0 saturated heterocycles. The van der Waals surface area contributed by atoms with E-state index in [1.54, 1.807) is 7.05 Å². The average molecular weight is 488 g/mol. The standard InChI is InChI=1S/C19H26ClN5.HI/c1-13(2)25-12-15-6-9-17(10-18(15)24-25)23-19(21-3)22-11-14-4-7-16(20)8-5-14;/h4-5,7-8,12-13,17H,6,9-11H2,1-3H3,(H2,21,22,23);1H. The molecule has 0 radical (unpaired) electrons. The van der Waals surface area contributed by atoms with Gasteiger partial charge in [0, 0.05) is 43.3 Å². The zero-order valence-corrected chi connectivity index (χ0v) is 18.6.